The number of carboxylic acids is 1. The lowest BCUT2D eigenvalue weighted by molar-refractivity contribution is 0.0697. The number of hydrogen-bond donors (Lipinski definition) is 1. The number of benzene rings is 1. The maximum atomic E-state index is 10.9. The van der Waals surface area contributed by atoms with Gasteiger partial charge in [0.25, 0.3) is 0 Å². The molecule has 0 unspecified atom stereocenters. The molecule has 0 heterocycles. The molecule has 0 bridgehead atoms. The van der Waals surface area contributed by atoms with Crippen molar-refractivity contribution in [3.63, 3.8) is 0 Å². The summed E-state index contributed by atoms with van der Waals surface area (Å²) in [6, 6.07) is 5.38. The van der Waals surface area contributed by atoms with Crippen LogP contribution in [0.1, 0.15) is 23.2 Å². The average molecular weight is 270 g/mol. The summed E-state index contributed by atoms with van der Waals surface area (Å²) in [5.41, 5.74) is 1.10. The predicted octanol–water partition coefficient (Wildman–Crippen LogP) is 2.65. The molecule has 98 valence electrons. The normalized spacial score (nSPS) is 14.6. The van der Waals surface area contributed by atoms with Gasteiger partial charge in [0.2, 0.25) is 0 Å². The van der Waals surface area contributed by atoms with Gasteiger partial charge in [0, 0.05) is 19.7 Å². The summed E-state index contributed by atoms with van der Waals surface area (Å²) in [6.07, 6.45) is 2.31. The Kier molecular flexibility index (Phi) is 4.09. The molecule has 1 N–H and O–H groups in total. The SMILES string of the molecule is COCCN(c1ccc(C(=O)O)cc1Cl)C1CC1. The number of hydrogen-bond acceptors (Lipinski definition) is 3. The third-order valence-electron chi connectivity index (χ3n) is 3.03. The lowest BCUT2D eigenvalue weighted by Gasteiger charge is -2.25. The Morgan fingerprint density at radius 2 is 2.28 bits per heavy atom. The van der Waals surface area contributed by atoms with E-state index in [0.29, 0.717) is 17.7 Å². The fourth-order valence-corrected chi connectivity index (χ4v) is 2.24. The number of halogens is 1. The first-order valence-corrected chi connectivity index (χ1v) is 6.29. The van der Waals surface area contributed by atoms with Crippen LogP contribution in [0.3, 0.4) is 0 Å². The standard InChI is InChI=1S/C13H16ClNO3/c1-18-7-6-15(10-3-4-10)12-5-2-9(13(16)17)8-11(12)14/h2,5,8,10H,3-4,6-7H2,1H3,(H,16,17). The van der Waals surface area contributed by atoms with Crippen LogP contribution in [0.25, 0.3) is 0 Å². The molecule has 18 heavy (non-hydrogen) atoms. The Labute approximate surface area is 111 Å². The van der Waals surface area contributed by atoms with Crippen LogP contribution in [-0.2, 0) is 4.74 Å². The van der Waals surface area contributed by atoms with E-state index in [1.54, 1.807) is 19.2 Å². The van der Waals surface area contributed by atoms with Crippen molar-refractivity contribution in [2.45, 2.75) is 18.9 Å². The molecule has 0 saturated heterocycles. The van der Waals surface area contributed by atoms with E-state index in [2.05, 4.69) is 4.90 Å². The van der Waals surface area contributed by atoms with Crippen LogP contribution < -0.4 is 4.90 Å². The summed E-state index contributed by atoms with van der Waals surface area (Å²) in [5, 5.41) is 9.39. The minimum atomic E-state index is -0.960. The van der Waals surface area contributed by atoms with Crippen LogP contribution in [0.15, 0.2) is 18.2 Å². The highest BCUT2D eigenvalue weighted by Crippen LogP contribution is 2.35. The third kappa shape index (κ3) is 2.94. The number of aromatic carboxylic acids is 1. The van der Waals surface area contributed by atoms with E-state index < -0.39 is 5.97 Å². The molecule has 0 radical (unpaired) electrons. The van der Waals surface area contributed by atoms with Gasteiger partial charge in [0.15, 0.2) is 0 Å². The van der Waals surface area contributed by atoms with E-state index in [1.807, 2.05) is 0 Å². The van der Waals surface area contributed by atoms with Crippen LogP contribution in [-0.4, -0.2) is 37.4 Å². The Bertz CT molecular complexity index is 446. The second-order valence-electron chi connectivity index (χ2n) is 4.39. The van der Waals surface area contributed by atoms with Crippen molar-refractivity contribution in [2.24, 2.45) is 0 Å². The molecule has 0 amide bonds. The van der Waals surface area contributed by atoms with Gasteiger partial charge in [-0.3, -0.25) is 0 Å². The van der Waals surface area contributed by atoms with E-state index in [1.165, 1.54) is 6.07 Å². The van der Waals surface area contributed by atoms with Gasteiger partial charge in [-0.25, -0.2) is 4.79 Å². The molecule has 0 aromatic heterocycles. The van der Waals surface area contributed by atoms with E-state index in [0.717, 1.165) is 25.1 Å². The maximum absolute atomic E-state index is 10.9. The molecule has 1 fully saturated rings. The molecule has 1 aliphatic carbocycles. The maximum Gasteiger partial charge on any atom is 0.335 e. The highest BCUT2D eigenvalue weighted by atomic mass is 35.5. The van der Waals surface area contributed by atoms with Gasteiger partial charge >= 0.3 is 5.97 Å². The largest absolute Gasteiger partial charge is 0.478 e. The summed E-state index contributed by atoms with van der Waals surface area (Å²) < 4.78 is 5.09. The average Bonchev–Trinajstić information content (AvgIpc) is 3.15. The van der Waals surface area contributed by atoms with Crippen LogP contribution in [0, 0.1) is 0 Å². The fraction of sp³-hybridized carbons (Fsp3) is 0.462. The molecule has 1 aromatic rings. The lowest BCUT2D eigenvalue weighted by Crippen LogP contribution is -2.29. The minimum Gasteiger partial charge on any atom is -0.478 e. The van der Waals surface area contributed by atoms with Crippen LogP contribution in [0.5, 0.6) is 0 Å². The molecule has 1 aliphatic rings. The van der Waals surface area contributed by atoms with E-state index in [9.17, 15) is 4.79 Å². The molecule has 4 nitrogen and oxygen atoms in total. The molecule has 1 aromatic carbocycles. The van der Waals surface area contributed by atoms with Gasteiger partial charge in [0.1, 0.15) is 0 Å². The molecule has 0 spiro atoms. The molecule has 0 aliphatic heterocycles. The zero-order valence-corrected chi connectivity index (χ0v) is 11.0. The van der Waals surface area contributed by atoms with E-state index in [4.69, 9.17) is 21.4 Å². The summed E-state index contributed by atoms with van der Waals surface area (Å²) in [5.74, 6) is -0.960. The molecule has 0 atom stereocenters. The third-order valence-corrected chi connectivity index (χ3v) is 3.33. The molecule has 1 saturated carbocycles. The van der Waals surface area contributed by atoms with Gasteiger partial charge in [-0.1, -0.05) is 11.6 Å². The first-order chi connectivity index (χ1) is 8.63. The summed E-state index contributed by atoms with van der Waals surface area (Å²) in [6.45, 7) is 1.40. The summed E-state index contributed by atoms with van der Waals surface area (Å²) >= 11 is 6.17. The Hall–Kier alpha value is -1.26. The van der Waals surface area contributed by atoms with E-state index in [-0.39, 0.29) is 5.56 Å². The van der Waals surface area contributed by atoms with Crippen molar-refractivity contribution in [3.8, 4) is 0 Å². The second kappa shape index (κ2) is 5.59. The van der Waals surface area contributed by atoms with Crippen molar-refractivity contribution in [1.82, 2.24) is 0 Å². The quantitative estimate of drug-likeness (QED) is 0.863. The minimum absolute atomic E-state index is 0.214. The van der Waals surface area contributed by atoms with Crippen molar-refractivity contribution in [1.29, 1.82) is 0 Å². The fourth-order valence-electron chi connectivity index (χ4n) is 1.95. The number of ether oxygens (including phenoxy) is 1. The summed E-state index contributed by atoms with van der Waals surface area (Å²) in [4.78, 5) is 13.1. The number of carbonyl (C=O) groups is 1. The molecular formula is C13H16ClNO3. The topological polar surface area (TPSA) is 49.8 Å². The van der Waals surface area contributed by atoms with Gasteiger partial charge < -0.3 is 14.7 Å². The predicted molar refractivity (Wildman–Crippen MR) is 70.7 cm³/mol. The van der Waals surface area contributed by atoms with Gasteiger partial charge in [-0.05, 0) is 31.0 Å². The zero-order valence-electron chi connectivity index (χ0n) is 10.2. The lowest BCUT2D eigenvalue weighted by atomic mass is 10.2. The number of anilines is 1. The number of rotatable bonds is 6. The van der Waals surface area contributed by atoms with Crippen molar-refractivity contribution in [2.75, 3.05) is 25.2 Å². The van der Waals surface area contributed by atoms with E-state index >= 15 is 0 Å². The summed E-state index contributed by atoms with van der Waals surface area (Å²) in [7, 11) is 1.67. The number of methoxy groups -OCH3 is 1. The first-order valence-electron chi connectivity index (χ1n) is 5.92. The van der Waals surface area contributed by atoms with Crippen molar-refractivity contribution in [3.05, 3.63) is 28.8 Å². The van der Waals surface area contributed by atoms with Gasteiger partial charge in [0.05, 0.1) is 22.9 Å². The number of nitrogens with zero attached hydrogens (tertiary/aromatic N) is 1. The number of carboxylic acid groups (broad SMARTS) is 1. The van der Waals surface area contributed by atoms with Crippen LogP contribution in [0.4, 0.5) is 5.69 Å². The Morgan fingerprint density at radius 3 is 2.78 bits per heavy atom. The highest BCUT2D eigenvalue weighted by molar-refractivity contribution is 6.33. The Balaban J connectivity index is 2.21. The first kappa shape index (κ1) is 13.2. The van der Waals surface area contributed by atoms with Gasteiger partial charge in [-0.15, -0.1) is 0 Å². The molecular weight excluding hydrogens is 254 g/mol. The second-order valence-corrected chi connectivity index (χ2v) is 4.80. The molecule has 5 heteroatoms. The van der Waals surface area contributed by atoms with Crippen molar-refractivity contribution >= 4 is 23.3 Å². The smallest absolute Gasteiger partial charge is 0.335 e. The monoisotopic (exact) mass is 269 g/mol. The zero-order chi connectivity index (χ0) is 13.1. The van der Waals surface area contributed by atoms with Crippen molar-refractivity contribution < 1.29 is 14.6 Å². The van der Waals surface area contributed by atoms with Crippen LogP contribution in [0.2, 0.25) is 5.02 Å². The molecule has 2 rings (SSSR count). The van der Waals surface area contributed by atoms with Gasteiger partial charge in [-0.2, -0.15) is 0 Å². The van der Waals surface area contributed by atoms with Crippen LogP contribution >= 0.6 is 11.6 Å². The highest BCUT2D eigenvalue weighted by Gasteiger charge is 2.30. The Morgan fingerprint density at radius 1 is 1.56 bits per heavy atom.